The molecule has 19 heavy (non-hydrogen) atoms. The van der Waals surface area contributed by atoms with Gasteiger partial charge in [0.25, 0.3) is 0 Å². The van der Waals surface area contributed by atoms with Crippen LogP contribution in [0, 0.1) is 5.92 Å². The van der Waals surface area contributed by atoms with Crippen LogP contribution in [0.15, 0.2) is 24.3 Å². The number of aliphatic carboxylic acids is 1. The first-order chi connectivity index (χ1) is 9.09. The first-order valence-electron chi connectivity index (χ1n) is 6.41. The van der Waals surface area contributed by atoms with E-state index in [4.69, 9.17) is 5.11 Å². The number of nitrogens with one attached hydrogen (secondary N) is 2. The number of hydrogen-bond acceptors (Lipinski definition) is 3. The van der Waals surface area contributed by atoms with Gasteiger partial charge in [-0.05, 0) is 17.5 Å². The van der Waals surface area contributed by atoms with Gasteiger partial charge in [0, 0.05) is 13.1 Å². The maximum atomic E-state index is 12.1. The summed E-state index contributed by atoms with van der Waals surface area (Å²) in [6.45, 7) is 2.48. The lowest BCUT2D eigenvalue weighted by molar-refractivity contribution is -0.141. The number of carboxylic acid groups (broad SMARTS) is 1. The molecule has 2 atom stereocenters. The molecule has 2 unspecified atom stereocenters. The van der Waals surface area contributed by atoms with Gasteiger partial charge in [-0.1, -0.05) is 31.2 Å². The average Bonchev–Trinajstić information content (AvgIpc) is 2.43. The number of fused-ring (bicyclic) bond motifs is 1. The summed E-state index contributed by atoms with van der Waals surface area (Å²) < 4.78 is 0. The predicted octanol–water partition coefficient (Wildman–Crippen LogP) is 0.710. The fourth-order valence-corrected chi connectivity index (χ4v) is 2.18. The van der Waals surface area contributed by atoms with Crippen molar-refractivity contribution in [1.82, 2.24) is 10.6 Å². The second-order valence-electron chi connectivity index (χ2n) is 4.82. The van der Waals surface area contributed by atoms with Crippen LogP contribution < -0.4 is 10.6 Å². The van der Waals surface area contributed by atoms with Gasteiger partial charge in [-0.3, -0.25) is 9.59 Å². The first kappa shape index (κ1) is 13.5. The molecule has 0 saturated heterocycles. The number of rotatable bonds is 4. The summed E-state index contributed by atoms with van der Waals surface area (Å²) in [5.74, 6) is -1.65. The molecule has 0 saturated carbocycles. The molecular formula is C14H18N2O3. The van der Waals surface area contributed by atoms with Crippen LogP contribution in [-0.4, -0.2) is 30.1 Å². The molecule has 1 aliphatic rings. The van der Waals surface area contributed by atoms with E-state index in [1.165, 1.54) is 5.56 Å². The standard InChI is InChI=1S/C14H18N2O3/c1-9(14(18)19)8-16-13(17)12-11-5-3-2-4-10(11)6-7-15-12/h2-5,9,12,15H,6-8H2,1H3,(H,16,17)(H,18,19). The predicted molar refractivity (Wildman–Crippen MR) is 70.7 cm³/mol. The summed E-state index contributed by atoms with van der Waals surface area (Å²) in [5, 5.41) is 14.7. The lowest BCUT2D eigenvalue weighted by Gasteiger charge is -2.26. The van der Waals surface area contributed by atoms with Crippen LogP contribution >= 0.6 is 0 Å². The highest BCUT2D eigenvalue weighted by Crippen LogP contribution is 2.22. The van der Waals surface area contributed by atoms with Gasteiger partial charge in [-0.25, -0.2) is 0 Å². The van der Waals surface area contributed by atoms with Crippen molar-refractivity contribution >= 4 is 11.9 Å². The Bertz CT molecular complexity index is 487. The van der Waals surface area contributed by atoms with Gasteiger partial charge in [0.05, 0.1) is 5.92 Å². The quantitative estimate of drug-likeness (QED) is 0.746. The van der Waals surface area contributed by atoms with Crippen molar-refractivity contribution in [2.24, 2.45) is 5.92 Å². The van der Waals surface area contributed by atoms with E-state index < -0.39 is 11.9 Å². The molecule has 1 aliphatic heterocycles. The third-order valence-corrected chi connectivity index (χ3v) is 3.38. The van der Waals surface area contributed by atoms with Crippen LogP contribution in [0.5, 0.6) is 0 Å². The minimum atomic E-state index is -0.905. The van der Waals surface area contributed by atoms with Gasteiger partial charge in [-0.15, -0.1) is 0 Å². The van der Waals surface area contributed by atoms with Crippen molar-refractivity contribution < 1.29 is 14.7 Å². The molecule has 1 amide bonds. The summed E-state index contributed by atoms with van der Waals surface area (Å²) in [5.41, 5.74) is 2.15. The highest BCUT2D eigenvalue weighted by atomic mass is 16.4. The van der Waals surface area contributed by atoms with Gasteiger partial charge >= 0.3 is 5.97 Å². The molecule has 0 aromatic heterocycles. The minimum absolute atomic E-state index is 0.147. The normalized spacial score (nSPS) is 19.3. The number of hydrogen-bond donors (Lipinski definition) is 3. The van der Waals surface area contributed by atoms with Crippen LogP contribution in [0.3, 0.4) is 0 Å². The van der Waals surface area contributed by atoms with Crippen molar-refractivity contribution in [1.29, 1.82) is 0 Å². The second kappa shape index (κ2) is 5.84. The lowest BCUT2D eigenvalue weighted by Crippen LogP contribution is -2.43. The summed E-state index contributed by atoms with van der Waals surface area (Å²) in [6.07, 6.45) is 0.908. The van der Waals surface area contributed by atoms with Crippen LogP contribution in [-0.2, 0) is 16.0 Å². The van der Waals surface area contributed by atoms with Crippen molar-refractivity contribution in [3.63, 3.8) is 0 Å². The van der Waals surface area contributed by atoms with Gasteiger partial charge in [-0.2, -0.15) is 0 Å². The van der Waals surface area contributed by atoms with Crippen molar-refractivity contribution in [3.05, 3.63) is 35.4 Å². The Morgan fingerprint density at radius 2 is 2.21 bits per heavy atom. The van der Waals surface area contributed by atoms with E-state index in [9.17, 15) is 9.59 Å². The molecule has 102 valence electrons. The van der Waals surface area contributed by atoms with E-state index in [1.807, 2.05) is 24.3 Å². The molecule has 3 N–H and O–H groups in total. The van der Waals surface area contributed by atoms with Crippen LogP contribution in [0.25, 0.3) is 0 Å². The highest BCUT2D eigenvalue weighted by Gasteiger charge is 2.26. The molecule has 0 fully saturated rings. The van der Waals surface area contributed by atoms with Crippen molar-refractivity contribution in [2.45, 2.75) is 19.4 Å². The molecular weight excluding hydrogens is 244 g/mol. The Labute approximate surface area is 112 Å². The fraction of sp³-hybridized carbons (Fsp3) is 0.429. The second-order valence-corrected chi connectivity index (χ2v) is 4.82. The maximum absolute atomic E-state index is 12.1. The number of carboxylic acids is 1. The molecule has 1 aromatic rings. The molecule has 5 heteroatoms. The van der Waals surface area contributed by atoms with Crippen LogP contribution in [0.2, 0.25) is 0 Å². The summed E-state index contributed by atoms with van der Waals surface area (Å²) >= 11 is 0. The minimum Gasteiger partial charge on any atom is -0.481 e. The zero-order valence-corrected chi connectivity index (χ0v) is 10.8. The Hall–Kier alpha value is -1.88. The van der Waals surface area contributed by atoms with E-state index in [1.54, 1.807) is 6.92 Å². The highest BCUT2D eigenvalue weighted by molar-refractivity contribution is 5.84. The molecule has 0 aliphatic carbocycles. The van der Waals surface area contributed by atoms with E-state index >= 15 is 0 Å². The maximum Gasteiger partial charge on any atom is 0.308 e. The molecule has 0 spiro atoms. The largest absolute Gasteiger partial charge is 0.481 e. The van der Waals surface area contributed by atoms with Crippen LogP contribution in [0.4, 0.5) is 0 Å². The monoisotopic (exact) mass is 262 g/mol. The zero-order chi connectivity index (χ0) is 13.8. The van der Waals surface area contributed by atoms with Crippen molar-refractivity contribution in [3.8, 4) is 0 Å². The summed E-state index contributed by atoms with van der Waals surface area (Å²) in [4.78, 5) is 22.8. The Morgan fingerprint density at radius 1 is 1.47 bits per heavy atom. The fourth-order valence-electron chi connectivity index (χ4n) is 2.18. The molecule has 2 rings (SSSR count). The number of carbonyl (C=O) groups is 2. The van der Waals surface area contributed by atoms with Gasteiger partial charge in [0.15, 0.2) is 0 Å². The van der Waals surface area contributed by atoms with Crippen molar-refractivity contribution in [2.75, 3.05) is 13.1 Å². The number of amides is 1. The van der Waals surface area contributed by atoms with E-state index in [0.29, 0.717) is 0 Å². The number of carbonyl (C=O) groups excluding carboxylic acids is 1. The Morgan fingerprint density at radius 3 is 2.95 bits per heavy atom. The summed E-state index contributed by atoms with van der Waals surface area (Å²) in [7, 11) is 0. The third kappa shape index (κ3) is 3.12. The molecule has 1 aromatic carbocycles. The van der Waals surface area contributed by atoms with Gasteiger partial charge in [0.2, 0.25) is 5.91 Å². The molecule has 5 nitrogen and oxygen atoms in total. The topological polar surface area (TPSA) is 78.4 Å². The lowest BCUT2D eigenvalue weighted by atomic mass is 9.94. The van der Waals surface area contributed by atoms with Crippen LogP contribution in [0.1, 0.15) is 24.1 Å². The average molecular weight is 262 g/mol. The zero-order valence-electron chi connectivity index (χ0n) is 10.8. The molecule has 0 radical (unpaired) electrons. The third-order valence-electron chi connectivity index (χ3n) is 3.38. The smallest absolute Gasteiger partial charge is 0.308 e. The molecule has 1 heterocycles. The summed E-state index contributed by atoms with van der Waals surface area (Å²) in [6, 6.07) is 7.45. The Balaban J connectivity index is 2.03. The van der Waals surface area contributed by atoms with Gasteiger partial charge in [0.1, 0.15) is 6.04 Å². The van der Waals surface area contributed by atoms with E-state index in [2.05, 4.69) is 10.6 Å². The molecule has 0 bridgehead atoms. The van der Waals surface area contributed by atoms with E-state index in [0.717, 1.165) is 18.5 Å². The Kier molecular flexibility index (Phi) is 4.16. The van der Waals surface area contributed by atoms with Gasteiger partial charge < -0.3 is 15.7 Å². The number of benzene rings is 1. The SMILES string of the molecule is CC(CNC(=O)C1NCCc2ccccc21)C(=O)O. The first-order valence-corrected chi connectivity index (χ1v) is 6.41. The van der Waals surface area contributed by atoms with E-state index in [-0.39, 0.29) is 18.5 Å².